The standard InChI is InChI=1S/C21H19ClN4O2S/c1-14-9-19(15(2)25(14)11-18-7-4-8-28-18)20(27)12-29-21-24-23-13-26(21)17-6-3-5-16(22)10-17/h3-10,13H,11-12H2,1-2H3. The maximum Gasteiger partial charge on any atom is 0.196 e. The van der Waals surface area contributed by atoms with Crippen LogP contribution in [0.4, 0.5) is 0 Å². The third-order valence-electron chi connectivity index (χ3n) is 4.70. The number of carbonyl (C=O) groups excluding carboxylic acids is 1. The Morgan fingerprint density at radius 2 is 2.07 bits per heavy atom. The SMILES string of the molecule is Cc1cc(C(=O)CSc2nncn2-c2cccc(Cl)c2)c(C)n1Cc1ccco1. The summed E-state index contributed by atoms with van der Waals surface area (Å²) in [6, 6.07) is 13.2. The number of benzene rings is 1. The number of hydrogen-bond acceptors (Lipinski definition) is 5. The van der Waals surface area contributed by atoms with Crippen LogP contribution in [0.2, 0.25) is 5.02 Å². The summed E-state index contributed by atoms with van der Waals surface area (Å²) in [6.07, 6.45) is 3.27. The second-order valence-electron chi connectivity index (χ2n) is 6.63. The lowest BCUT2D eigenvalue weighted by Crippen LogP contribution is -2.08. The second kappa shape index (κ2) is 8.31. The molecule has 4 aromatic rings. The number of carbonyl (C=O) groups is 1. The van der Waals surface area contributed by atoms with Gasteiger partial charge in [-0.25, -0.2) is 0 Å². The van der Waals surface area contributed by atoms with E-state index in [1.54, 1.807) is 12.6 Å². The number of halogens is 1. The first kappa shape index (κ1) is 19.5. The minimum Gasteiger partial charge on any atom is -0.467 e. The summed E-state index contributed by atoms with van der Waals surface area (Å²) >= 11 is 7.44. The number of nitrogens with zero attached hydrogens (tertiary/aromatic N) is 4. The molecule has 0 atom stereocenters. The zero-order valence-electron chi connectivity index (χ0n) is 16.0. The third kappa shape index (κ3) is 4.16. The van der Waals surface area contributed by atoms with E-state index in [2.05, 4.69) is 14.8 Å². The number of hydrogen-bond donors (Lipinski definition) is 0. The number of aryl methyl sites for hydroxylation is 1. The molecule has 0 radical (unpaired) electrons. The van der Waals surface area contributed by atoms with Gasteiger partial charge in [-0.1, -0.05) is 29.4 Å². The monoisotopic (exact) mass is 426 g/mol. The quantitative estimate of drug-likeness (QED) is 0.309. The van der Waals surface area contributed by atoms with Gasteiger partial charge in [0.25, 0.3) is 0 Å². The largest absolute Gasteiger partial charge is 0.467 e. The molecule has 6 nitrogen and oxygen atoms in total. The molecule has 0 spiro atoms. The van der Waals surface area contributed by atoms with Gasteiger partial charge in [0.1, 0.15) is 12.1 Å². The van der Waals surface area contributed by atoms with E-state index in [1.165, 1.54) is 11.8 Å². The molecular formula is C21H19ClN4O2S. The molecule has 8 heteroatoms. The molecule has 0 aliphatic rings. The van der Waals surface area contributed by atoms with Crippen molar-refractivity contribution in [2.24, 2.45) is 0 Å². The van der Waals surface area contributed by atoms with Crippen LogP contribution in [-0.2, 0) is 6.54 Å². The fraction of sp³-hybridized carbons (Fsp3) is 0.190. The molecule has 0 aliphatic heterocycles. The molecule has 0 unspecified atom stereocenters. The highest BCUT2D eigenvalue weighted by Gasteiger charge is 2.18. The Bertz CT molecular complexity index is 1150. The molecule has 1 aromatic carbocycles. The van der Waals surface area contributed by atoms with Crippen LogP contribution in [0.1, 0.15) is 27.5 Å². The molecule has 0 N–H and O–H groups in total. The topological polar surface area (TPSA) is 65.8 Å². The van der Waals surface area contributed by atoms with Crippen LogP contribution in [0, 0.1) is 13.8 Å². The Hall–Kier alpha value is -2.77. The average Bonchev–Trinajstić information content (AvgIpc) is 3.44. The first-order valence-corrected chi connectivity index (χ1v) is 10.4. The summed E-state index contributed by atoms with van der Waals surface area (Å²) in [4.78, 5) is 12.9. The van der Waals surface area contributed by atoms with E-state index in [0.717, 1.165) is 28.4 Å². The molecule has 3 aromatic heterocycles. The minimum atomic E-state index is 0.0504. The highest BCUT2D eigenvalue weighted by molar-refractivity contribution is 7.99. The molecule has 4 rings (SSSR count). The van der Waals surface area contributed by atoms with Gasteiger partial charge >= 0.3 is 0 Å². The number of thioether (sulfide) groups is 1. The number of aromatic nitrogens is 4. The van der Waals surface area contributed by atoms with E-state index >= 15 is 0 Å². The van der Waals surface area contributed by atoms with Gasteiger partial charge in [-0.3, -0.25) is 9.36 Å². The zero-order chi connectivity index (χ0) is 20.4. The lowest BCUT2D eigenvalue weighted by molar-refractivity contribution is 0.102. The highest BCUT2D eigenvalue weighted by atomic mass is 35.5. The minimum absolute atomic E-state index is 0.0504. The van der Waals surface area contributed by atoms with Crippen LogP contribution < -0.4 is 0 Å². The fourth-order valence-electron chi connectivity index (χ4n) is 3.22. The van der Waals surface area contributed by atoms with E-state index in [9.17, 15) is 4.79 Å². The molecular weight excluding hydrogens is 408 g/mol. The Morgan fingerprint density at radius 3 is 2.83 bits per heavy atom. The lowest BCUT2D eigenvalue weighted by Gasteiger charge is -2.08. The Labute approximate surface area is 177 Å². The van der Waals surface area contributed by atoms with Crippen molar-refractivity contribution in [3.8, 4) is 5.69 Å². The predicted octanol–water partition coefficient (Wildman–Crippen LogP) is 4.96. The molecule has 29 heavy (non-hydrogen) atoms. The van der Waals surface area contributed by atoms with Crippen LogP contribution in [0.3, 0.4) is 0 Å². The second-order valence-corrected chi connectivity index (χ2v) is 8.00. The fourth-order valence-corrected chi connectivity index (χ4v) is 4.22. The molecule has 3 heterocycles. The Kier molecular flexibility index (Phi) is 5.60. The number of Topliss-reactive ketones (excluding diaryl/α,β-unsaturated/α-hetero) is 1. The summed E-state index contributed by atoms with van der Waals surface area (Å²) in [7, 11) is 0. The van der Waals surface area contributed by atoms with Crippen LogP contribution in [0.15, 0.2) is 64.6 Å². The van der Waals surface area contributed by atoms with Gasteiger partial charge in [0.2, 0.25) is 0 Å². The molecule has 0 aliphatic carbocycles. The van der Waals surface area contributed by atoms with Crippen molar-refractivity contribution in [2.75, 3.05) is 5.75 Å². The molecule has 0 amide bonds. The third-order valence-corrected chi connectivity index (χ3v) is 5.88. The average molecular weight is 427 g/mol. The molecule has 0 saturated carbocycles. The van der Waals surface area contributed by atoms with Crippen molar-refractivity contribution in [1.82, 2.24) is 19.3 Å². The van der Waals surface area contributed by atoms with E-state index in [0.29, 0.717) is 16.7 Å². The van der Waals surface area contributed by atoms with E-state index in [1.807, 2.05) is 60.9 Å². The normalized spacial score (nSPS) is 11.1. The summed E-state index contributed by atoms with van der Waals surface area (Å²) in [6.45, 7) is 4.56. The van der Waals surface area contributed by atoms with Crippen LogP contribution >= 0.6 is 23.4 Å². The van der Waals surface area contributed by atoms with Crippen LogP contribution in [-0.4, -0.2) is 30.9 Å². The van der Waals surface area contributed by atoms with Crippen molar-refractivity contribution in [1.29, 1.82) is 0 Å². The van der Waals surface area contributed by atoms with Crippen molar-refractivity contribution in [3.63, 3.8) is 0 Å². The highest BCUT2D eigenvalue weighted by Crippen LogP contribution is 2.24. The number of rotatable bonds is 7. The van der Waals surface area contributed by atoms with Crippen LogP contribution in [0.25, 0.3) is 5.69 Å². The van der Waals surface area contributed by atoms with Crippen molar-refractivity contribution < 1.29 is 9.21 Å². The smallest absolute Gasteiger partial charge is 0.196 e. The first-order valence-electron chi connectivity index (χ1n) is 9.04. The predicted molar refractivity (Wildman–Crippen MR) is 113 cm³/mol. The van der Waals surface area contributed by atoms with Crippen LogP contribution in [0.5, 0.6) is 0 Å². The van der Waals surface area contributed by atoms with Crippen molar-refractivity contribution in [2.45, 2.75) is 25.5 Å². The van der Waals surface area contributed by atoms with Gasteiger partial charge in [0.15, 0.2) is 10.9 Å². The van der Waals surface area contributed by atoms with Gasteiger partial charge in [0.05, 0.1) is 24.2 Å². The molecule has 0 fully saturated rings. The Morgan fingerprint density at radius 1 is 1.21 bits per heavy atom. The van der Waals surface area contributed by atoms with E-state index in [-0.39, 0.29) is 11.5 Å². The van der Waals surface area contributed by atoms with Gasteiger partial charge in [-0.2, -0.15) is 0 Å². The maximum absolute atomic E-state index is 12.9. The van der Waals surface area contributed by atoms with Crippen molar-refractivity contribution in [3.05, 3.63) is 82.8 Å². The first-order chi connectivity index (χ1) is 14.0. The Balaban J connectivity index is 1.50. The van der Waals surface area contributed by atoms with E-state index < -0.39 is 0 Å². The summed E-state index contributed by atoms with van der Waals surface area (Å²) in [5, 5.41) is 9.40. The molecule has 0 bridgehead atoms. The van der Waals surface area contributed by atoms with Crippen molar-refractivity contribution >= 4 is 29.1 Å². The number of furan rings is 1. The summed E-state index contributed by atoms with van der Waals surface area (Å²) < 4.78 is 9.35. The number of ketones is 1. The zero-order valence-corrected chi connectivity index (χ0v) is 17.6. The van der Waals surface area contributed by atoms with Gasteiger partial charge in [-0.05, 0) is 50.2 Å². The maximum atomic E-state index is 12.9. The molecule has 0 saturated heterocycles. The van der Waals surface area contributed by atoms with Gasteiger partial charge < -0.3 is 8.98 Å². The van der Waals surface area contributed by atoms with E-state index in [4.69, 9.17) is 16.0 Å². The molecule has 148 valence electrons. The van der Waals surface area contributed by atoms with Gasteiger partial charge in [0, 0.05) is 22.0 Å². The summed E-state index contributed by atoms with van der Waals surface area (Å²) in [5.41, 5.74) is 3.53. The van der Waals surface area contributed by atoms with Gasteiger partial charge in [-0.15, -0.1) is 10.2 Å². The summed E-state index contributed by atoms with van der Waals surface area (Å²) in [5.74, 6) is 1.17. The lowest BCUT2D eigenvalue weighted by atomic mass is 10.2.